The molecule has 3 aromatic heterocycles. The van der Waals surface area contributed by atoms with Crippen molar-refractivity contribution in [2.75, 3.05) is 49.5 Å². The first-order chi connectivity index (χ1) is 15.3. The topological polar surface area (TPSA) is 75.0 Å². The highest BCUT2D eigenvalue weighted by Gasteiger charge is 2.17. The molecule has 164 valence electrons. The minimum atomic E-state index is 0.639. The Bertz CT molecular complexity index is 998. The number of aryl methyl sites for hydroxylation is 1. The number of hydrogen-bond acceptors (Lipinski definition) is 7. The third-order valence-corrected chi connectivity index (χ3v) is 6.42. The summed E-state index contributed by atoms with van der Waals surface area (Å²) in [4.78, 5) is 19.0. The Morgan fingerprint density at radius 1 is 0.903 bits per heavy atom. The van der Waals surface area contributed by atoms with Crippen molar-refractivity contribution in [1.82, 2.24) is 29.6 Å². The van der Waals surface area contributed by atoms with Crippen molar-refractivity contribution in [2.24, 2.45) is 7.05 Å². The van der Waals surface area contributed by atoms with E-state index in [2.05, 4.69) is 37.2 Å². The highest BCUT2D eigenvalue weighted by atomic mass is 15.3. The molecule has 0 bridgehead atoms. The van der Waals surface area contributed by atoms with E-state index in [0.717, 1.165) is 54.4 Å². The van der Waals surface area contributed by atoms with Gasteiger partial charge in [0.1, 0.15) is 11.5 Å². The van der Waals surface area contributed by atoms with Crippen molar-refractivity contribution >= 4 is 22.5 Å². The number of likely N-dealkylation sites (tertiary alicyclic amines) is 1. The lowest BCUT2D eigenvalue weighted by Crippen LogP contribution is -2.26. The summed E-state index contributed by atoms with van der Waals surface area (Å²) in [5, 5.41) is 9.12. The predicted octanol–water partition coefficient (Wildman–Crippen LogP) is 3.31. The lowest BCUT2D eigenvalue weighted by atomic mass is 10.2. The second-order valence-electron chi connectivity index (χ2n) is 8.68. The molecule has 8 nitrogen and oxygen atoms in total. The maximum absolute atomic E-state index is 4.94. The fourth-order valence-corrected chi connectivity index (χ4v) is 4.67. The summed E-state index contributed by atoms with van der Waals surface area (Å²) >= 11 is 0. The lowest BCUT2D eigenvalue weighted by molar-refractivity contribution is 0.352. The monoisotopic (exact) mass is 420 g/mol. The number of rotatable bonds is 6. The molecule has 2 fully saturated rings. The zero-order valence-electron chi connectivity index (χ0n) is 18.4. The molecule has 0 aliphatic carbocycles. The van der Waals surface area contributed by atoms with Crippen LogP contribution in [0.4, 0.5) is 11.5 Å². The zero-order chi connectivity index (χ0) is 21.0. The van der Waals surface area contributed by atoms with Crippen LogP contribution in [0.2, 0.25) is 0 Å². The van der Waals surface area contributed by atoms with E-state index < -0.39 is 0 Å². The molecular weight excluding hydrogens is 388 g/mol. The molecule has 5 heterocycles. The SMILES string of the molecule is Cn1nc(-c2ncc(NCCN3CCCC3)cn2)c2ccc(N3CCCCCC3)nc21. The molecule has 0 radical (unpaired) electrons. The normalized spacial score (nSPS) is 17.9. The molecule has 8 heteroatoms. The van der Waals surface area contributed by atoms with Crippen molar-refractivity contribution in [1.29, 1.82) is 0 Å². The third-order valence-electron chi connectivity index (χ3n) is 6.42. The molecule has 0 unspecified atom stereocenters. The number of hydrogen-bond donors (Lipinski definition) is 1. The number of nitrogens with zero attached hydrogens (tertiary/aromatic N) is 7. The Balaban J connectivity index is 1.31. The molecule has 0 saturated carbocycles. The van der Waals surface area contributed by atoms with Crippen LogP contribution in [-0.4, -0.2) is 68.9 Å². The van der Waals surface area contributed by atoms with Crippen LogP contribution >= 0.6 is 0 Å². The maximum Gasteiger partial charge on any atom is 0.180 e. The van der Waals surface area contributed by atoms with Crippen molar-refractivity contribution in [3.05, 3.63) is 24.5 Å². The Hall–Kier alpha value is -2.74. The highest BCUT2D eigenvalue weighted by molar-refractivity contribution is 5.90. The quantitative estimate of drug-likeness (QED) is 0.656. The van der Waals surface area contributed by atoms with Gasteiger partial charge < -0.3 is 15.1 Å². The number of pyridine rings is 1. The van der Waals surface area contributed by atoms with Gasteiger partial charge in [-0.2, -0.15) is 5.10 Å². The Kier molecular flexibility index (Phi) is 5.97. The van der Waals surface area contributed by atoms with Crippen LogP contribution in [0.5, 0.6) is 0 Å². The molecule has 0 atom stereocenters. The first-order valence-electron chi connectivity index (χ1n) is 11.7. The van der Waals surface area contributed by atoms with Crippen molar-refractivity contribution < 1.29 is 0 Å². The largest absolute Gasteiger partial charge is 0.381 e. The minimum Gasteiger partial charge on any atom is -0.381 e. The van der Waals surface area contributed by atoms with Crippen LogP contribution in [0.25, 0.3) is 22.6 Å². The second kappa shape index (κ2) is 9.18. The molecular formula is C23H32N8. The van der Waals surface area contributed by atoms with E-state index in [9.17, 15) is 0 Å². The fourth-order valence-electron chi connectivity index (χ4n) is 4.67. The van der Waals surface area contributed by atoms with Gasteiger partial charge in [0.05, 0.1) is 23.5 Å². The molecule has 3 aromatic rings. The zero-order valence-corrected chi connectivity index (χ0v) is 18.4. The number of nitrogens with one attached hydrogen (secondary N) is 1. The molecule has 0 aromatic carbocycles. The molecule has 2 saturated heterocycles. The molecule has 5 rings (SSSR count). The Morgan fingerprint density at radius 2 is 1.61 bits per heavy atom. The predicted molar refractivity (Wildman–Crippen MR) is 124 cm³/mol. The smallest absolute Gasteiger partial charge is 0.180 e. The van der Waals surface area contributed by atoms with Crippen LogP contribution in [0.3, 0.4) is 0 Å². The van der Waals surface area contributed by atoms with Gasteiger partial charge in [-0.3, -0.25) is 0 Å². The van der Waals surface area contributed by atoms with Gasteiger partial charge in [-0.25, -0.2) is 19.6 Å². The van der Waals surface area contributed by atoms with Gasteiger partial charge >= 0.3 is 0 Å². The van der Waals surface area contributed by atoms with E-state index in [1.165, 1.54) is 51.6 Å². The van der Waals surface area contributed by atoms with Gasteiger partial charge in [-0.1, -0.05) is 12.8 Å². The maximum atomic E-state index is 4.94. The average molecular weight is 421 g/mol. The first-order valence-corrected chi connectivity index (χ1v) is 11.7. The molecule has 0 amide bonds. The van der Waals surface area contributed by atoms with Crippen LogP contribution in [0, 0.1) is 0 Å². The molecule has 0 spiro atoms. The molecule has 2 aliphatic heterocycles. The van der Waals surface area contributed by atoms with E-state index in [1.54, 1.807) is 0 Å². The minimum absolute atomic E-state index is 0.639. The van der Waals surface area contributed by atoms with Crippen molar-refractivity contribution in [2.45, 2.75) is 38.5 Å². The Morgan fingerprint density at radius 3 is 2.35 bits per heavy atom. The van der Waals surface area contributed by atoms with Gasteiger partial charge in [0, 0.05) is 33.2 Å². The van der Waals surface area contributed by atoms with Gasteiger partial charge in [-0.15, -0.1) is 0 Å². The first kappa shape index (κ1) is 20.2. The van der Waals surface area contributed by atoms with Gasteiger partial charge in [0.15, 0.2) is 11.5 Å². The number of aromatic nitrogens is 5. The lowest BCUT2D eigenvalue weighted by Gasteiger charge is -2.21. The second-order valence-corrected chi connectivity index (χ2v) is 8.68. The standard InChI is InChI=1S/C23H32N8/c1-29-23-19(8-9-20(27-23)31-13-4-2-3-5-14-31)21(28-29)22-25-16-18(17-26-22)24-10-15-30-11-6-7-12-30/h8-9,16-17,24H,2-7,10-15H2,1H3. The highest BCUT2D eigenvalue weighted by Crippen LogP contribution is 2.27. The van der Waals surface area contributed by atoms with E-state index in [1.807, 2.05) is 24.1 Å². The molecule has 1 N–H and O–H groups in total. The van der Waals surface area contributed by atoms with E-state index in [-0.39, 0.29) is 0 Å². The van der Waals surface area contributed by atoms with Crippen molar-refractivity contribution in [3.63, 3.8) is 0 Å². The van der Waals surface area contributed by atoms with E-state index >= 15 is 0 Å². The van der Waals surface area contributed by atoms with E-state index in [0.29, 0.717) is 5.82 Å². The summed E-state index contributed by atoms with van der Waals surface area (Å²) in [6.07, 6.45) is 11.5. The molecule has 2 aliphatic rings. The van der Waals surface area contributed by atoms with Crippen LogP contribution in [0.15, 0.2) is 24.5 Å². The summed E-state index contributed by atoms with van der Waals surface area (Å²) in [6, 6.07) is 4.24. The number of anilines is 2. The summed E-state index contributed by atoms with van der Waals surface area (Å²) in [7, 11) is 1.94. The summed E-state index contributed by atoms with van der Waals surface area (Å²) < 4.78 is 1.84. The van der Waals surface area contributed by atoms with Crippen LogP contribution in [-0.2, 0) is 7.05 Å². The fraction of sp³-hybridized carbons (Fsp3) is 0.565. The van der Waals surface area contributed by atoms with Crippen LogP contribution in [0.1, 0.15) is 38.5 Å². The van der Waals surface area contributed by atoms with Gasteiger partial charge in [-0.05, 0) is 50.9 Å². The van der Waals surface area contributed by atoms with Crippen LogP contribution < -0.4 is 10.2 Å². The average Bonchev–Trinajstić information content (AvgIpc) is 3.33. The van der Waals surface area contributed by atoms with E-state index in [4.69, 9.17) is 10.1 Å². The van der Waals surface area contributed by atoms with Gasteiger partial charge in [0.2, 0.25) is 0 Å². The summed E-state index contributed by atoms with van der Waals surface area (Å²) in [5.41, 5.74) is 2.62. The summed E-state index contributed by atoms with van der Waals surface area (Å²) in [6.45, 7) is 6.59. The number of fused-ring (bicyclic) bond motifs is 1. The third kappa shape index (κ3) is 4.49. The van der Waals surface area contributed by atoms with Crippen molar-refractivity contribution in [3.8, 4) is 11.5 Å². The van der Waals surface area contributed by atoms with Gasteiger partial charge in [0.25, 0.3) is 0 Å². The molecule has 31 heavy (non-hydrogen) atoms. The Labute approximate surface area is 183 Å². The summed E-state index contributed by atoms with van der Waals surface area (Å²) in [5.74, 6) is 1.68.